The van der Waals surface area contributed by atoms with Crippen LogP contribution in [0.4, 0.5) is 0 Å². The fourth-order valence-electron chi connectivity index (χ4n) is 3.39. The third-order valence-electron chi connectivity index (χ3n) is 4.97. The van der Waals surface area contributed by atoms with Crippen LogP contribution < -0.4 is 9.47 Å². The van der Waals surface area contributed by atoms with E-state index in [1.165, 1.54) is 42.0 Å². The minimum Gasteiger partial charge on any atom is -0.494 e. The van der Waals surface area contributed by atoms with Crippen molar-refractivity contribution in [3.05, 3.63) is 35.9 Å². The van der Waals surface area contributed by atoms with Gasteiger partial charge in [-0.1, -0.05) is 51.7 Å². The Bertz CT molecular complexity index is 669. The highest BCUT2D eigenvalue weighted by Gasteiger charge is 2.08. The smallest absolute Gasteiger partial charge is 0.123 e. The van der Waals surface area contributed by atoms with Gasteiger partial charge in [0, 0.05) is 11.4 Å². The summed E-state index contributed by atoms with van der Waals surface area (Å²) >= 11 is 5.73. The van der Waals surface area contributed by atoms with Crippen molar-refractivity contribution < 1.29 is 9.47 Å². The molecule has 0 aliphatic carbocycles. The molecule has 2 aromatic carbocycles. The van der Waals surface area contributed by atoms with E-state index in [4.69, 9.17) is 21.1 Å². The van der Waals surface area contributed by atoms with Crippen LogP contribution >= 0.6 is 11.6 Å². The number of aryl methyl sites for hydroxylation is 1. The Balaban J connectivity index is 1.95. The topological polar surface area (TPSA) is 18.5 Å². The van der Waals surface area contributed by atoms with Crippen LogP contribution in [0.25, 0.3) is 10.8 Å². The number of fused-ring (bicyclic) bond motifs is 1. The Hall–Kier alpha value is -1.41. The van der Waals surface area contributed by atoms with Gasteiger partial charge in [0.2, 0.25) is 0 Å². The highest BCUT2D eigenvalue weighted by Crippen LogP contribution is 2.31. The lowest BCUT2D eigenvalue weighted by molar-refractivity contribution is 0.303. The SMILES string of the molecule is CCCCCCCOc1ccc2c(CC)c(OCCCCCCl)ccc2c1. The lowest BCUT2D eigenvalue weighted by atomic mass is 10.0. The van der Waals surface area contributed by atoms with Crippen molar-refractivity contribution in [2.45, 2.75) is 71.6 Å². The van der Waals surface area contributed by atoms with Gasteiger partial charge in [-0.05, 0) is 61.1 Å². The summed E-state index contributed by atoms with van der Waals surface area (Å²) in [5, 5.41) is 2.50. The molecule has 0 spiro atoms. The van der Waals surface area contributed by atoms with E-state index in [2.05, 4.69) is 44.2 Å². The van der Waals surface area contributed by atoms with Crippen molar-refractivity contribution in [2.24, 2.45) is 0 Å². The van der Waals surface area contributed by atoms with Crippen molar-refractivity contribution >= 4 is 22.4 Å². The second kappa shape index (κ2) is 12.9. The molecule has 0 unspecified atom stereocenters. The fraction of sp³-hybridized carbons (Fsp3) is 0.583. The summed E-state index contributed by atoms with van der Waals surface area (Å²) < 4.78 is 12.0. The first-order chi connectivity index (χ1) is 13.3. The number of benzene rings is 2. The normalized spacial score (nSPS) is 11.1. The highest BCUT2D eigenvalue weighted by molar-refractivity contribution is 6.17. The van der Waals surface area contributed by atoms with Gasteiger partial charge in [0.1, 0.15) is 11.5 Å². The van der Waals surface area contributed by atoms with Crippen LogP contribution in [0, 0.1) is 0 Å². The molecule has 2 rings (SSSR count). The first kappa shape index (κ1) is 21.9. The molecule has 0 N–H and O–H groups in total. The zero-order valence-corrected chi connectivity index (χ0v) is 17.8. The molecule has 0 saturated heterocycles. The molecular formula is C24H35ClO2. The Morgan fingerprint density at radius 2 is 1.52 bits per heavy atom. The molecule has 0 bridgehead atoms. The Morgan fingerprint density at radius 1 is 0.778 bits per heavy atom. The van der Waals surface area contributed by atoms with Crippen molar-refractivity contribution in [1.29, 1.82) is 0 Å². The van der Waals surface area contributed by atoms with Crippen molar-refractivity contribution in [3.63, 3.8) is 0 Å². The summed E-state index contributed by atoms with van der Waals surface area (Å²) in [6.45, 7) is 6.00. The van der Waals surface area contributed by atoms with Gasteiger partial charge in [-0.2, -0.15) is 0 Å². The van der Waals surface area contributed by atoms with Crippen LogP contribution in [-0.4, -0.2) is 19.1 Å². The molecule has 0 fully saturated rings. The van der Waals surface area contributed by atoms with Gasteiger partial charge in [-0.25, -0.2) is 0 Å². The molecule has 27 heavy (non-hydrogen) atoms. The molecule has 0 aromatic heterocycles. The molecule has 3 heteroatoms. The molecule has 2 nitrogen and oxygen atoms in total. The second-order valence-electron chi connectivity index (χ2n) is 7.14. The number of hydrogen-bond acceptors (Lipinski definition) is 2. The molecule has 0 aliphatic heterocycles. The summed E-state index contributed by atoms with van der Waals surface area (Å²) in [5.74, 6) is 2.72. The minimum atomic E-state index is 0.735. The molecule has 150 valence electrons. The number of rotatable bonds is 14. The maximum Gasteiger partial charge on any atom is 0.123 e. The third kappa shape index (κ3) is 7.25. The van der Waals surface area contributed by atoms with Gasteiger partial charge in [0.05, 0.1) is 13.2 Å². The summed E-state index contributed by atoms with van der Waals surface area (Å²) in [6, 6.07) is 10.7. The van der Waals surface area contributed by atoms with E-state index in [0.29, 0.717) is 0 Å². The van der Waals surface area contributed by atoms with Crippen LogP contribution in [-0.2, 0) is 6.42 Å². The monoisotopic (exact) mass is 390 g/mol. The second-order valence-corrected chi connectivity index (χ2v) is 7.52. The van der Waals surface area contributed by atoms with Gasteiger partial charge in [0.25, 0.3) is 0 Å². The van der Waals surface area contributed by atoms with Crippen LogP contribution in [0.2, 0.25) is 0 Å². The van der Waals surface area contributed by atoms with E-state index in [0.717, 1.165) is 62.7 Å². The summed E-state index contributed by atoms with van der Waals surface area (Å²) in [5.41, 5.74) is 1.29. The van der Waals surface area contributed by atoms with Crippen LogP contribution in [0.15, 0.2) is 30.3 Å². The Labute approximate surface area is 170 Å². The average molecular weight is 391 g/mol. The van der Waals surface area contributed by atoms with E-state index < -0.39 is 0 Å². The van der Waals surface area contributed by atoms with Gasteiger partial charge in [-0.15, -0.1) is 11.6 Å². The molecular weight excluding hydrogens is 356 g/mol. The predicted molar refractivity (Wildman–Crippen MR) is 118 cm³/mol. The largest absolute Gasteiger partial charge is 0.494 e. The van der Waals surface area contributed by atoms with E-state index in [1.807, 2.05) is 0 Å². The van der Waals surface area contributed by atoms with Crippen molar-refractivity contribution in [3.8, 4) is 11.5 Å². The predicted octanol–water partition coefficient (Wildman–Crippen LogP) is 7.54. The molecule has 0 aliphatic rings. The maximum absolute atomic E-state index is 6.05. The summed E-state index contributed by atoms with van der Waals surface area (Å²) in [6.07, 6.45) is 10.5. The third-order valence-corrected chi connectivity index (χ3v) is 5.23. The van der Waals surface area contributed by atoms with Gasteiger partial charge < -0.3 is 9.47 Å². The van der Waals surface area contributed by atoms with Crippen LogP contribution in [0.1, 0.15) is 70.8 Å². The zero-order valence-electron chi connectivity index (χ0n) is 17.1. The molecule has 0 saturated carbocycles. The molecule has 0 amide bonds. The maximum atomic E-state index is 6.05. The number of ether oxygens (including phenoxy) is 2. The van der Waals surface area contributed by atoms with Crippen LogP contribution in [0.5, 0.6) is 11.5 Å². The van der Waals surface area contributed by atoms with E-state index in [9.17, 15) is 0 Å². The van der Waals surface area contributed by atoms with Crippen molar-refractivity contribution in [2.75, 3.05) is 19.1 Å². The lowest BCUT2D eigenvalue weighted by Gasteiger charge is -2.14. The molecule has 0 radical (unpaired) electrons. The first-order valence-corrected chi connectivity index (χ1v) is 11.2. The van der Waals surface area contributed by atoms with Crippen LogP contribution in [0.3, 0.4) is 0 Å². The highest BCUT2D eigenvalue weighted by atomic mass is 35.5. The Kier molecular flexibility index (Phi) is 10.4. The van der Waals surface area contributed by atoms with Gasteiger partial charge in [0.15, 0.2) is 0 Å². The van der Waals surface area contributed by atoms with E-state index >= 15 is 0 Å². The fourth-order valence-corrected chi connectivity index (χ4v) is 3.58. The molecule has 0 heterocycles. The van der Waals surface area contributed by atoms with Crippen molar-refractivity contribution in [1.82, 2.24) is 0 Å². The van der Waals surface area contributed by atoms with E-state index in [-0.39, 0.29) is 0 Å². The molecule has 2 aromatic rings. The first-order valence-electron chi connectivity index (χ1n) is 10.7. The summed E-state index contributed by atoms with van der Waals surface area (Å²) in [7, 11) is 0. The average Bonchev–Trinajstić information content (AvgIpc) is 2.70. The minimum absolute atomic E-state index is 0.735. The number of hydrogen-bond donors (Lipinski definition) is 0. The van der Waals surface area contributed by atoms with E-state index in [1.54, 1.807) is 0 Å². The molecule has 0 atom stereocenters. The Morgan fingerprint density at radius 3 is 2.26 bits per heavy atom. The standard InChI is InChI=1S/C24H35ClO2/c1-3-5-6-7-10-17-26-21-13-14-23-20(19-21)12-15-24(22(23)4-2)27-18-11-8-9-16-25/h12-15,19H,3-11,16-18H2,1-2H3. The number of alkyl halides is 1. The lowest BCUT2D eigenvalue weighted by Crippen LogP contribution is -2.01. The number of unbranched alkanes of at least 4 members (excludes halogenated alkanes) is 6. The zero-order chi connectivity index (χ0) is 19.3. The number of halogens is 1. The van der Waals surface area contributed by atoms with Gasteiger partial charge >= 0.3 is 0 Å². The quantitative estimate of drug-likeness (QED) is 0.245. The van der Waals surface area contributed by atoms with Gasteiger partial charge in [-0.3, -0.25) is 0 Å². The summed E-state index contributed by atoms with van der Waals surface area (Å²) in [4.78, 5) is 0.